The van der Waals surface area contributed by atoms with Crippen molar-refractivity contribution >= 4 is 5.97 Å². The zero-order valence-corrected chi connectivity index (χ0v) is 17.0. The molecule has 0 radical (unpaired) electrons. The maximum atomic E-state index is 11.2. The Morgan fingerprint density at radius 2 is 1.73 bits per heavy atom. The molecule has 1 rings (SSSR count). The van der Waals surface area contributed by atoms with Gasteiger partial charge in [0.2, 0.25) is 0 Å². The molecule has 0 heterocycles. The highest BCUT2D eigenvalue weighted by Gasteiger charge is 2.24. The number of carbonyl (C=O) groups is 1. The fraction of sp³-hybridized carbons (Fsp3) is 0.696. The molecular formula is C23H38O3. The minimum Gasteiger partial charge on any atom is -0.508 e. The Morgan fingerprint density at radius 3 is 2.38 bits per heavy atom. The smallest absolute Gasteiger partial charge is 0.331 e. The number of carboxylic acids is 1. The minimum atomic E-state index is -0.955. The van der Waals surface area contributed by atoms with E-state index in [-0.39, 0.29) is 11.3 Å². The molecule has 0 unspecified atom stereocenters. The minimum absolute atomic E-state index is 0.0611. The summed E-state index contributed by atoms with van der Waals surface area (Å²) in [5, 5.41) is 19.3. The summed E-state index contributed by atoms with van der Waals surface area (Å²) in [5.41, 5.74) is 0.730. The van der Waals surface area contributed by atoms with Crippen molar-refractivity contribution in [1.29, 1.82) is 0 Å². The van der Waals surface area contributed by atoms with Crippen LogP contribution in [0.2, 0.25) is 0 Å². The first-order valence-corrected chi connectivity index (χ1v) is 10.5. The number of unbranched alkanes of at least 4 members (excludes halogenated alkanes) is 5. The van der Waals surface area contributed by atoms with Gasteiger partial charge in [-0.2, -0.15) is 0 Å². The lowest BCUT2D eigenvalue weighted by Gasteiger charge is -2.16. The lowest BCUT2D eigenvalue weighted by molar-refractivity contribution is -0.132. The third kappa shape index (κ3) is 7.80. The average Bonchev–Trinajstić information content (AvgIpc) is 3.05. The highest BCUT2D eigenvalue weighted by atomic mass is 16.4. The molecule has 2 N–H and O–H groups in total. The van der Waals surface area contributed by atoms with Crippen molar-refractivity contribution in [3.05, 3.63) is 35.1 Å². The molecule has 1 aliphatic carbocycles. The number of hydrogen-bond donors (Lipinski definition) is 2. The molecule has 1 saturated carbocycles. The first-order chi connectivity index (χ1) is 12.5. The van der Waals surface area contributed by atoms with Crippen LogP contribution in [0.25, 0.3) is 0 Å². The summed E-state index contributed by atoms with van der Waals surface area (Å²) in [6, 6.07) is 0. The second-order valence-electron chi connectivity index (χ2n) is 7.61. The molecule has 1 aliphatic rings. The van der Waals surface area contributed by atoms with E-state index in [1.165, 1.54) is 64.2 Å². The monoisotopic (exact) mass is 362 g/mol. The highest BCUT2D eigenvalue weighted by Crippen LogP contribution is 2.36. The van der Waals surface area contributed by atoms with E-state index in [9.17, 15) is 9.90 Å². The summed E-state index contributed by atoms with van der Waals surface area (Å²) >= 11 is 0. The lowest BCUT2D eigenvalue weighted by atomic mass is 9.90. The van der Waals surface area contributed by atoms with Crippen LogP contribution in [0.3, 0.4) is 0 Å². The van der Waals surface area contributed by atoms with Gasteiger partial charge in [0.1, 0.15) is 5.76 Å². The van der Waals surface area contributed by atoms with Gasteiger partial charge >= 0.3 is 5.97 Å². The van der Waals surface area contributed by atoms with Crippen molar-refractivity contribution in [3.8, 4) is 0 Å². The van der Waals surface area contributed by atoms with Crippen molar-refractivity contribution in [2.45, 2.75) is 91.4 Å². The van der Waals surface area contributed by atoms with Gasteiger partial charge < -0.3 is 10.2 Å². The molecule has 2 atom stereocenters. The van der Waals surface area contributed by atoms with Gasteiger partial charge in [-0.3, -0.25) is 0 Å². The number of aliphatic hydroxyl groups excluding tert-OH is 1. The van der Waals surface area contributed by atoms with Crippen molar-refractivity contribution in [3.63, 3.8) is 0 Å². The number of aliphatic carboxylic acids is 1. The van der Waals surface area contributed by atoms with Crippen molar-refractivity contribution in [2.24, 2.45) is 11.8 Å². The Kier molecular flexibility index (Phi) is 11.1. The van der Waals surface area contributed by atoms with Gasteiger partial charge in [0, 0.05) is 11.1 Å². The first-order valence-electron chi connectivity index (χ1n) is 10.5. The molecule has 3 nitrogen and oxygen atoms in total. The first kappa shape index (κ1) is 22.5. The summed E-state index contributed by atoms with van der Waals surface area (Å²) in [4.78, 5) is 11.2. The van der Waals surface area contributed by atoms with Gasteiger partial charge in [0.25, 0.3) is 0 Å². The third-order valence-electron chi connectivity index (χ3n) is 5.71. The zero-order valence-electron chi connectivity index (χ0n) is 17.0. The fourth-order valence-corrected chi connectivity index (χ4v) is 4.01. The molecule has 0 aliphatic heterocycles. The quantitative estimate of drug-likeness (QED) is 0.171. The Bertz CT molecular complexity index is 514. The normalized spacial score (nSPS) is 22.0. The van der Waals surface area contributed by atoms with Gasteiger partial charge in [-0.15, -0.1) is 0 Å². The van der Waals surface area contributed by atoms with Crippen molar-refractivity contribution in [1.82, 2.24) is 0 Å². The maximum absolute atomic E-state index is 11.2. The molecule has 0 aromatic heterocycles. The third-order valence-corrected chi connectivity index (χ3v) is 5.71. The molecule has 1 fully saturated rings. The Morgan fingerprint density at radius 1 is 1.04 bits per heavy atom. The summed E-state index contributed by atoms with van der Waals surface area (Å²) in [6.07, 6.45) is 19.4. The van der Waals surface area contributed by atoms with Crippen LogP contribution >= 0.6 is 0 Å². The number of hydrogen-bond acceptors (Lipinski definition) is 2. The topological polar surface area (TPSA) is 57.5 Å². The van der Waals surface area contributed by atoms with E-state index in [2.05, 4.69) is 13.0 Å². The van der Waals surface area contributed by atoms with Gasteiger partial charge in [-0.25, -0.2) is 4.79 Å². The molecular weight excluding hydrogens is 324 g/mol. The van der Waals surface area contributed by atoms with Crippen LogP contribution in [0.4, 0.5) is 0 Å². The second kappa shape index (κ2) is 12.8. The molecule has 0 spiro atoms. The van der Waals surface area contributed by atoms with Crippen LogP contribution in [0.15, 0.2) is 35.1 Å². The van der Waals surface area contributed by atoms with Crippen LogP contribution in [-0.4, -0.2) is 16.2 Å². The van der Waals surface area contributed by atoms with E-state index < -0.39 is 5.97 Å². The molecule has 26 heavy (non-hydrogen) atoms. The highest BCUT2D eigenvalue weighted by molar-refractivity contribution is 5.88. The fourth-order valence-electron chi connectivity index (χ4n) is 4.01. The summed E-state index contributed by atoms with van der Waals surface area (Å²) < 4.78 is 0. The number of allylic oxidation sites excluding steroid dienone is 4. The van der Waals surface area contributed by atoms with Crippen LogP contribution in [0.5, 0.6) is 0 Å². The number of aliphatic hydroxyl groups is 1. The largest absolute Gasteiger partial charge is 0.508 e. The van der Waals surface area contributed by atoms with Crippen LogP contribution in [0, 0.1) is 11.8 Å². The van der Waals surface area contributed by atoms with E-state index in [4.69, 9.17) is 5.11 Å². The Labute approximate surface area is 159 Å². The van der Waals surface area contributed by atoms with E-state index in [1.54, 1.807) is 19.9 Å². The number of carboxylic acid groups (broad SMARTS) is 1. The summed E-state index contributed by atoms with van der Waals surface area (Å²) in [7, 11) is 0. The van der Waals surface area contributed by atoms with Crippen LogP contribution in [0.1, 0.15) is 91.4 Å². The van der Waals surface area contributed by atoms with Gasteiger partial charge in [-0.05, 0) is 50.5 Å². The van der Waals surface area contributed by atoms with Crippen molar-refractivity contribution < 1.29 is 15.0 Å². The van der Waals surface area contributed by atoms with E-state index in [0.29, 0.717) is 17.9 Å². The van der Waals surface area contributed by atoms with E-state index in [0.717, 1.165) is 5.92 Å². The molecule has 148 valence electrons. The van der Waals surface area contributed by atoms with Gasteiger partial charge in [0.15, 0.2) is 0 Å². The van der Waals surface area contributed by atoms with Crippen LogP contribution < -0.4 is 0 Å². The SMILES string of the molecule is CCCCCCCC[C@H]1CCC[C@@H]1C=CC=C(O)C(C)=C(CC)C(=O)O. The number of rotatable bonds is 12. The predicted octanol–water partition coefficient (Wildman–Crippen LogP) is 6.96. The predicted molar refractivity (Wildman–Crippen MR) is 109 cm³/mol. The van der Waals surface area contributed by atoms with E-state index >= 15 is 0 Å². The zero-order chi connectivity index (χ0) is 19.4. The van der Waals surface area contributed by atoms with E-state index in [1.807, 2.05) is 6.08 Å². The molecule has 3 heteroatoms. The molecule has 0 amide bonds. The van der Waals surface area contributed by atoms with Gasteiger partial charge in [0.05, 0.1) is 0 Å². The molecule has 0 bridgehead atoms. The molecule has 0 saturated heterocycles. The maximum Gasteiger partial charge on any atom is 0.331 e. The Balaban J connectivity index is 2.51. The van der Waals surface area contributed by atoms with Gasteiger partial charge in [-0.1, -0.05) is 70.9 Å². The lowest BCUT2D eigenvalue weighted by Crippen LogP contribution is -2.05. The van der Waals surface area contributed by atoms with Crippen molar-refractivity contribution in [2.75, 3.05) is 0 Å². The molecule has 0 aromatic carbocycles. The second-order valence-corrected chi connectivity index (χ2v) is 7.61. The molecule has 0 aromatic rings. The van der Waals surface area contributed by atoms with Crippen LogP contribution in [-0.2, 0) is 4.79 Å². The summed E-state index contributed by atoms with van der Waals surface area (Å²) in [6.45, 7) is 5.72. The Hall–Kier alpha value is -1.51. The average molecular weight is 363 g/mol. The standard InChI is InChI=1S/C23H38O3/c1-4-6-7-8-9-10-13-19-14-11-15-20(19)16-12-17-22(24)18(3)21(5-2)23(25)26/h12,16-17,19-20,24H,4-11,13-15H2,1-3H3,(H,25,26)/t19-,20+/m0/s1. The summed E-state index contributed by atoms with van der Waals surface area (Å²) in [5.74, 6) is 0.480.